The molecule has 0 saturated carbocycles. The molecule has 0 fully saturated rings. The van der Waals surface area contributed by atoms with Crippen LogP contribution in [0.1, 0.15) is 38.1 Å². The highest BCUT2D eigenvalue weighted by Gasteiger charge is 2.15. The summed E-state index contributed by atoms with van der Waals surface area (Å²) in [5.74, 6) is 0.770. The fraction of sp³-hybridized carbons (Fsp3) is 0.438. The van der Waals surface area contributed by atoms with Gasteiger partial charge in [0.25, 0.3) is 0 Å². The molecule has 1 unspecified atom stereocenters. The molecule has 0 aliphatic rings. The normalized spacial score (nSPS) is 12.6. The Morgan fingerprint density at radius 2 is 2.15 bits per heavy atom. The maximum Gasteiger partial charge on any atom is 0.128 e. The maximum atomic E-state index is 14.2. The predicted octanol–water partition coefficient (Wildman–Crippen LogP) is 3.24. The summed E-state index contributed by atoms with van der Waals surface area (Å²) in [5, 5.41) is 0. The van der Waals surface area contributed by atoms with Gasteiger partial charge in [-0.1, -0.05) is 19.9 Å². The molecule has 2 aromatic rings. The third kappa shape index (κ3) is 3.07. The molecule has 2 N–H and O–H groups in total. The van der Waals surface area contributed by atoms with Crippen molar-refractivity contribution in [2.75, 3.05) is 0 Å². The van der Waals surface area contributed by atoms with Crippen LogP contribution >= 0.6 is 0 Å². The Morgan fingerprint density at radius 3 is 2.85 bits per heavy atom. The van der Waals surface area contributed by atoms with Crippen LogP contribution in [0.5, 0.6) is 0 Å². The molecule has 0 bridgehead atoms. The quantitative estimate of drug-likeness (QED) is 0.879. The molecular weight excluding hydrogens is 253 g/mol. The molecule has 0 radical (unpaired) electrons. The van der Waals surface area contributed by atoms with E-state index < -0.39 is 0 Å². The third-order valence-corrected chi connectivity index (χ3v) is 3.54. The molecule has 108 valence electrons. The fourth-order valence-corrected chi connectivity index (χ4v) is 2.34. The summed E-state index contributed by atoms with van der Waals surface area (Å²) in [6.45, 7) is 4.13. The highest BCUT2D eigenvalue weighted by molar-refractivity contribution is 5.43. The van der Waals surface area contributed by atoms with Crippen molar-refractivity contribution in [3.8, 4) is 5.69 Å². The van der Waals surface area contributed by atoms with E-state index in [1.54, 1.807) is 12.3 Å². The van der Waals surface area contributed by atoms with E-state index in [1.807, 2.05) is 23.8 Å². The molecule has 3 nitrogen and oxygen atoms in total. The first-order chi connectivity index (χ1) is 9.67. The van der Waals surface area contributed by atoms with Crippen LogP contribution in [0.25, 0.3) is 5.69 Å². The Kier molecular flexibility index (Phi) is 4.90. The molecular formula is C16H22FN3. The van der Waals surface area contributed by atoms with Crippen molar-refractivity contribution < 1.29 is 4.39 Å². The van der Waals surface area contributed by atoms with Crippen molar-refractivity contribution >= 4 is 0 Å². The highest BCUT2D eigenvalue weighted by atomic mass is 19.1. The maximum absolute atomic E-state index is 14.2. The molecule has 1 aromatic heterocycles. The van der Waals surface area contributed by atoms with E-state index in [9.17, 15) is 4.39 Å². The van der Waals surface area contributed by atoms with E-state index in [0.29, 0.717) is 12.0 Å². The van der Waals surface area contributed by atoms with Crippen molar-refractivity contribution in [1.82, 2.24) is 9.55 Å². The Balaban J connectivity index is 2.45. The first-order valence-electron chi connectivity index (χ1n) is 7.22. The van der Waals surface area contributed by atoms with Crippen molar-refractivity contribution in [3.63, 3.8) is 0 Å². The summed E-state index contributed by atoms with van der Waals surface area (Å²) in [5.41, 5.74) is 7.54. The summed E-state index contributed by atoms with van der Waals surface area (Å²) in [6.07, 6.45) is 6.92. The monoisotopic (exact) mass is 275 g/mol. The summed E-state index contributed by atoms with van der Waals surface area (Å²) in [7, 11) is 0. The van der Waals surface area contributed by atoms with Gasteiger partial charge in [0, 0.05) is 30.4 Å². The molecule has 2 rings (SSSR count). The molecule has 0 spiro atoms. The number of imidazole rings is 1. The lowest BCUT2D eigenvalue weighted by Crippen LogP contribution is -2.23. The first-order valence-corrected chi connectivity index (χ1v) is 7.22. The van der Waals surface area contributed by atoms with Gasteiger partial charge in [-0.25, -0.2) is 9.37 Å². The van der Waals surface area contributed by atoms with E-state index in [4.69, 9.17) is 5.73 Å². The van der Waals surface area contributed by atoms with Crippen LogP contribution < -0.4 is 5.73 Å². The Labute approximate surface area is 119 Å². The number of nitrogens with zero attached hydrogens (tertiary/aromatic N) is 2. The van der Waals surface area contributed by atoms with Crippen molar-refractivity contribution in [2.45, 2.75) is 45.6 Å². The molecule has 0 amide bonds. The van der Waals surface area contributed by atoms with Crippen LogP contribution in [-0.4, -0.2) is 15.6 Å². The van der Waals surface area contributed by atoms with Gasteiger partial charge in [-0.05, 0) is 31.4 Å². The first kappa shape index (κ1) is 14.7. The van der Waals surface area contributed by atoms with Gasteiger partial charge in [-0.3, -0.25) is 0 Å². The number of halogens is 1. The molecule has 1 atom stereocenters. The fourth-order valence-electron chi connectivity index (χ4n) is 2.34. The number of rotatable bonds is 6. The van der Waals surface area contributed by atoms with Crippen LogP contribution in [0.3, 0.4) is 0 Å². The van der Waals surface area contributed by atoms with E-state index in [1.165, 1.54) is 6.07 Å². The predicted molar refractivity (Wildman–Crippen MR) is 79.5 cm³/mol. The average Bonchev–Trinajstić information content (AvgIpc) is 2.89. The standard InChI is InChI=1S/C16H22FN3/c1-3-6-16-19-9-10-20(16)15-8-5-7-14(17)13(15)11-12(18)4-2/h5,7-10,12H,3-4,6,11,18H2,1-2H3. The third-order valence-electron chi connectivity index (χ3n) is 3.54. The number of hydrogen-bond donors (Lipinski definition) is 1. The molecule has 1 aromatic carbocycles. The molecule has 0 aliphatic carbocycles. The summed E-state index contributed by atoms with van der Waals surface area (Å²) in [6, 6.07) is 5.14. The van der Waals surface area contributed by atoms with Crippen LogP contribution in [0, 0.1) is 5.82 Å². The van der Waals surface area contributed by atoms with Gasteiger partial charge < -0.3 is 10.3 Å². The second-order valence-corrected chi connectivity index (χ2v) is 5.07. The topological polar surface area (TPSA) is 43.8 Å². The smallest absolute Gasteiger partial charge is 0.128 e. The lowest BCUT2D eigenvalue weighted by Gasteiger charge is -2.16. The van der Waals surface area contributed by atoms with E-state index in [-0.39, 0.29) is 11.9 Å². The number of nitrogens with two attached hydrogens (primary N) is 1. The van der Waals surface area contributed by atoms with Crippen molar-refractivity contribution in [3.05, 3.63) is 47.8 Å². The van der Waals surface area contributed by atoms with E-state index in [0.717, 1.165) is 30.8 Å². The second kappa shape index (κ2) is 6.66. The van der Waals surface area contributed by atoms with E-state index in [2.05, 4.69) is 11.9 Å². The minimum Gasteiger partial charge on any atom is -0.327 e. The number of aromatic nitrogens is 2. The van der Waals surface area contributed by atoms with Crippen molar-refractivity contribution in [1.29, 1.82) is 0 Å². The van der Waals surface area contributed by atoms with Crippen molar-refractivity contribution in [2.24, 2.45) is 5.73 Å². The SMILES string of the molecule is CCCc1nccn1-c1cccc(F)c1CC(N)CC. The zero-order valence-corrected chi connectivity index (χ0v) is 12.1. The molecule has 4 heteroatoms. The van der Waals surface area contributed by atoms with Gasteiger partial charge in [0.1, 0.15) is 11.6 Å². The van der Waals surface area contributed by atoms with Crippen LogP contribution in [-0.2, 0) is 12.8 Å². The van der Waals surface area contributed by atoms with Gasteiger partial charge in [0.15, 0.2) is 0 Å². The zero-order valence-electron chi connectivity index (χ0n) is 12.1. The van der Waals surface area contributed by atoms with Gasteiger partial charge in [0.2, 0.25) is 0 Å². The van der Waals surface area contributed by atoms with E-state index >= 15 is 0 Å². The van der Waals surface area contributed by atoms with Crippen LogP contribution in [0.15, 0.2) is 30.6 Å². The molecule has 1 heterocycles. The Morgan fingerprint density at radius 1 is 1.35 bits per heavy atom. The minimum atomic E-state index is -0.192. The molecule has 0 aliphatic heterocycles. The number of aryl methyl sites for hydroxylation is 1. The summed E-state index contributed by atoms with van der Waals surface area (Å²) < 4.78 is 16.1. The van der Waals surface area contributed by atoms with Gasteiger partial charge >= 0.3 is 0 Å². The Bertz CT molecular complexity index is 563. The molecule has 0 saturated heterocycles. The van der Waals surface area contributed by atoms with Gasteiger partial charge in [-0.2, -0.15) is 0 Å². The van der Waals surface area contributed by atoms with Crippen LogP contribution in [0.2, 0.25) is 0 Å². The highest BCUT2D eigenvalue weighted by Crippen LogP contribution is 2.22. The molecule has 20 heavy (non-hydrogen) atoms. The lowest BCUT2D eigenvalue weighted by atomic mass is 10.0. The summed E-state index contributed by atoms with van der Waals surface area (Å²) >= 11 is 0. The average molecular weight is 275 g/mol. The van der Waals surface area contributed by atoms with Gasteiger partial charge in [-0.15, -0.1) is 0 Å². The second-order valence-electron chi connectivity index (χ2n) is 5.07. The minimum absolute atomic E-state index is 0.0243. The summed E-state index contributed by atoms with van der Waals surface area (Å²) in [4.78, 5) is 4.36. The number of benzene rings is 1. The lowest BCUT2D eigenvalue weighted by molar-refractivity contribution is 0.576. The largest absolute Gasteiger partial charge is 0.327 e. The Hall–Kier alpha value is -1.68. The van der Waals surface area contributed by atoms with Crippen LogP contribution in [0.4, 0.5) is 4.39 Å². The zero-order chi connectivity index (χ0) is 14.5. The number of hydrogen-bond acceptors (Lipinski definition) is 2. The van der Waals surface area contributed by atoms with Gasteiger partial charge in [0.05, 0.1) is 5.69 Å².